The first-order chi connectivity index (χ1) is 9.31. The van der Waals surface area contributed by atoms with Gasteiger partial charge in [0.25, 0.3) is 0 Å². The molecule has 0 radical (unpaired) electrons. The number of nitrogens with one attached hydrogen (secondary N) is 1. The summed E-state index contributed by atoms with van der Waals surface area (Å²) in [4.78, 5) is 14.0. The third-order valence-electron chi connectivity index (χ3n) is 3.44. The first-order valence-corrected chi connectivity index (χ1v) is 6.90. The van der Waals surface area contributed by atoms with Crippen molar-refractivity contribution in [3.05, 3.63) is 29.8 Å². The predicted molar refractivity (Wildman–Crippen MR) is 76.5 cm³/mol. The fourth-order valence-electron chi connectivity index (χ4n) is 2.41. The third-order valence-corrected chi connectivity index (χ3v) is 3.44. The number of benzene rings is 1. The van der Waals surface area contributed by atoms with Crippen molar-refractivity contribution < 1.29 is 9.53 Å². The maximum atomic E-state index is 11.7. The normalized spacial score (nSPS) is 13.4. The second kappa shape index (κ2) is 7.14. The molecular weight excluding hydrogens is 240 g/mol. The van der Waals surface area contributed by atoms with E-state index in [4.69, 9.17) is 4.74 Å². The summed E-state index contributed by atoms with van der Waals surface area (Å²) < 4.78 is 4.94. The van der Waals surface area contributed by atoms with Crippen molar-refractivity contribution >= 4 is 11.6 Å². The highest BCUT2D eigenvalue weighted by molar-refractivity contribution is 5.76. The van der Waals surface area contributed by atoms with Gasteiger partial charge in [-0.2, -0.15) is 0 Å². The largest absolute Gasteiger partial charge is 0.385 e. The van der Waals surface area contributed by atoms with E-state index < -0.39 is 0 Å². The molecule has 1 heterocycles. The van der Waals surface area contributed by atoms with Crippen LogP contribution in [0.1, 0.15) is 18.4 Å². The van der Waals surface area contributed by atoms with Crippen LogP contribution in [-0.4, -0.2) is 39.3 Å². The highest BCUT2D eigenvalue weighted by Gasteiger charge is 2.18. The number of methoxy groups -OCH3 is 1. The molecule has 1 aliphatic rings. The van der Waals surface area contributed by atoms with Gasteiger partial charge in [-0.3, -0.25) is 4.79 Å². The molecule has 0 atom stereocenters. The Hall–Kier alpha value is -1.55. The van der Waals surface area contributed by atoms with Crippen molar-refractivity contribution in [3.63, 3.8) is 0 Å². The molecule has 0 aromatic heterocycles. The van der Waals surface area contributed by atoms with Crippen molar-refractivity contribution in [1.82, 2.24) is 5.32 Å². The van der Waals surface area contributed by atoms with Crippen LogP contribution in [0, 0.1) is 0 Å². The Morgan fingerprint density at radius 1 is 1.42 bits per heavy atom. The molecule has 1 aromatic carbocycles. The standard InChI is InChI=1S/C15H22N2O2/c1-19-12-4-9-16-15(18)8-11-17-10-7-13-5-2-3-6-14(13)17/h2-3,5-6H,4,7-12H2,1H3,(H,16,18). The summed E-state index contributed by atoms with van der Waals surface area (Å²) in [6.45, 7) is 3.21. The molecule has 4 heteroatoms. The van der Waals surface area contributed by atoms with Gasteiger partial charge in [0, 0.05) is 45.5 Å². The molecule has 1 N–H and O–H groups in total. The van der Waals surface area contributed by atoms with E-state index in [0.29, 0.717) is 19.6 Å². The average Bonchev–Trinajstić information content (AvgIpc) is 2.85. The van der Waals surface area contributed by atoms with Crippen LogP contribution in [-0.2, 0) is 16.0 Å². The van der Waals surface area contributed by atoms with E-state index in [9.17, 15) is 4.79 Å². The summed E-state index contributed by atoms with van der Waals surface area (Å²) in [5, 5.41) is 2.92. The number of nitrogens with zero attached hydrogens (tertiary/aromatic N) is 1. The van der Waals surface area contributed by atoms with Crippen LogP contribution in [0.25, 0.3) is 0 Å². The van der Waals surface area contributed by atoms with Gasteiger partial charge >= 0.3 is 0 Å². The molecule has 0 aliphatic carbocycles. The molecule has 0 fully saturated rings. The lowest BCUT2D eigenvalue weighted by Gasteiger charge is -2.18. The number of fused-ring (bicyclic) bond motifs is 1. The lowest BCUT2D eigenvalue weighted by atomic mass is 10.2. The predicted octanol–water partition coefficient (Wildman–Crippen LogP) is 1.59. The Morgan fingerprint density at radius 3 is 3.11 bits per heavy atom. The van der Waals surface area contributed by atoms with Gasteiger partial charge in [0.05, 0.1) is 0 Å². The molecule has 1 amide bonds. The van der Waals surface area contributed by atoms with Crippen molar-refractivity contribution in [3.8, 4) is 0 Å². The first kappa shape index (κ1) is 13.9. The number of hydrogen-bond donors (Lipinski definition) is 1. The van der Waals surface area contributed by atoms with Crippen LogP contribution < -0.4 is 10.2 Å². The van der Waals surface area contributed by atoms with Gasteiger partial charge in [0.1, 0.15) is 0 Å². The van der Waals surface area contributed by atoms with Crippen LogP contribution in [0.5, 0.6) is 0 Å². The molecule has 0 spiro atoms. The average molecular weight is 262 g/mol. The molecule has 19 heavy (non-hydrogen) atoms. The second-order valence-corrected chi connectivity index (χ2v) is 4.81. The molecule has 2 rings (SSSR count). The first-order valence-electron chi connectivity index (χ1n) is 6.90. The maximum absolute atomic E-state index is 11.7. The zero-order valence-corrected chi connectivity index (χ0v) is 11.5. The fourth-order valence-corrected chi connectivity index (χ4v) is 2.41. The summed E-state index contributed by atoms with van der Waals surface area (Å²) in [5.74, 6) is 0.125. The van der Waals surface area contributed by atoms with Crippen LogP contribution in [0.2, 0.25) is 0 Å². The smallest absolute Gasteiger partial charge is 0.221 e. The van der Waals surface area contributed by atoms with E-state index in [2.05, 4.69) is 34.5 Å². The van der Waals surface area contributed by atoms with Gasteiger partial charge in [-0.05, 0) is 24.5 Å². The van der Waals surface area contributed by atoms with Gasteiger partial charge in [-0.15, -0.1) is 0 Å². The molecule has 0 saturated heterocycles. The van der Waals surface area contributed by atoms with Crippen molar-refractivity contribution in [2.45, 2.75) is 19.3 Å². The number of amides is 1. The zero-order valence-electron chi connectivity index (χ0n) is 11.5. The lowest BCUT2D eigenvalue weighted by Crippen LogP contribution is -2.30. The van der Waals surface area contributed by atoms with Crippen LogP contribution >= 0.6 is 0 Å². The SMILES string of the molecule is COCCCNC(=O)CCN1CCc2ccccc21. The Morgan fingerprint density at radius 2 is 2.26 bits per heavy atom. The van der Waals surface area contributed by atoms with Gasteiger partial charge in [0.15, 0.2) is 0 Å². The van der Waals surface area contributed by atoms with Gasteiger partial charge < -0.3 is 15.0 Å². The minimum absolute atomic E-state index is 0.125. The van der Waals surface area contributed by atoms with Crippen molar-refractivity contribution in [2.75, 3.05) is 38.3 Å². The zero-order chi connectivity index (χ0) is 13.5. The molecule has 0 saturated carbocycles. The highest BCUT2D eigenvalue weighted by atomic mass is 16.5. The summed E-state index contributed by atoms with van der Waals surface area (Å²) >= 11 is 0. The van der Waals surface area contributed by atoms with Gasteiger partial charge in [-0.1, -0.05) is 18.2 Å². The minimum Gasteiger partial charge on any atom is -0.385 e. The number of anilines is 1. The monoisotopic (exact) mass is 262 g/mol. The summed E-state index contributed by atoms with van der Waals surface area (Å²) in [6, 6.07) is 8.44. The maximum Gasteiger partial charge on any atom is 0.221 e. The number of carbonyl (C=O) groups is 1. The van der Waals surface area contributed by atoms with Crippen LogP contribution in [0.15, 0.2) is 24.3 Å². The Labute approximate surface area is 114 Å². The summed E-state index contributed by atoms with van der Waals surface area (Å²) in [6.07, 6.45) is 2.52. The fraction of sp³-hybridized carbons (Fsp3) is 0.533. The molecule has 1 aliphatic heterocycles. The highest BCUT2D eigenvalue weighted by Crippen LogP contribution is 2.27. The van der Waals surface area contributed by atoms with E-state index in [0.717, 1.165) is 25.9 Å². The van der Waals surface area contributed by atoms with Crippen LogP contribution in [0.4, 0.5) is 5.69 Å². The number of carbonyl (C=O) groups excluding carboxylic acids is 1. The van der Waals surface area contributed by atoms with Gasteiger partial charge in [0.2, 0.25) is 5.91 Å². The summed E-state index contributed by atoms with van der Waals surface area (Å²) in [5.41, 5.74) is 2.68. The topological polar surface area (TPSA) is 41.6 Å². The van der Waals surface area contributed by atoms with E-state index in [1.54, 1.807) is 7.11 Å². The molecule has 1 aromatic rings. The quantitative estimate of drug-likeness (QED) is 0.759. The minimum atomic E-state index is 0.125. The van der Waals surface area contributed by atoms with Crippen molar-refractivity contribution in [2.24, 2.45) is 0 Å². The molecular formula is C15H22N2O2. The van der Waals surface area contributed by atoms with E-state index in [-0.39, 0.29) is 5.91 Å². The summed E-state index contributed by atoms with van der Waals surface area (Å²) in [7, 11) is 1.67. The Bertz CT molecular complexity index is 420. The lowest BCUT2D eigenvalue weighted by molar-refractivity contribution is -0.120. The number of para-hydroxylation sites is 1. The molecule has 104 valence electrons. The van der Waals surface area contributed by atoms with E-state index in [1.165, 1.54) is 11.3 Å². The number of rotatable bonds is 7. The molecule has 4 nitrogen and oxygen atoms in total. The molecule has 0 bridgehead atoms. The number of ether oxygens (including phenoxy) is 1. The van der Waals surface area contributed by atoms with E-state index >= 15 is 0 Å². The van der Waals surface area contributed by atoms with Crippen molar-refractivity contribution in [1.29, 1.82) is 0 Å². The van der Waals surface area contributed by atoms with E-state index in [1.807, 2.05) is 0 Å². The second-order valence-electron chi connectivity index (χ2n) is 4.81. The van der Waals surface area contributed by atoms with Gasteiger partial charge in [-0.25, -0.2) is 0 Å². The Kier molecular flexibility index (Phi) is 5.21. The number of hydrogen-bond acceptors (Lipinski definition) is 3. The molecule has 0 unspecified atom stereocenters. The third kappa shape index (κ3) is 3.96. The van der Waals surface area contributed by atoms with Crippen LogP contribution in [0.3, 0.4) is 0 Å². The Balaban J connectivity index is 1.70.